The van der Waals surface area contributed by atoms with E-state index in [1.54, 1.807) is 4.90 Å². The van der Waals surface area contributed by atoms with Gasteiger partial charge in [0.1, 0.15) is 16.1 Å². The largest absolute Gasteiger partial charge is 0.492 e. The SMILES string of the molecule is CCOc1cccc2sc(N(CCN3CCOCC3)C(=O)c3sc(C)nc3C)nc12. The van der Waals surface area contributed by atoms with Gasteiger partial charge in [-0.05, 0) is 32.9 Å². The molecule has 1 aromatic carbocycles. The minimum atomic E-state index is -0.0385. The highest BCUT2D eigenvalue weighted by Crippen LogP contribution is 2.35. The van der Waals surface area contributed by atoms with Gasteiger partial charge in [-0.15, -0.1) is 11.3 Å². The summed E-state index contributed by atoms with van der Waals surface area (Å²) in [7, 11) is 0. The standard InChI is InChI=1S/C21H26N4O3S2/c1-4-28-16-6-5-7-17-18(16)23-21(30-17)25(9-8-24-10-12-27-13-11-24)20(26)19-14(2)22-15(3)29-19/h5-7H,4,8-13H2,1-3H3. The third-order valence-corrected chi connectivity index (χ3v) is 7.09. The van der Waals surface area contributed by atoms with Crippen molar-refractivity contribution in [1.29, 1.82) is 0 Å². The second-order valence-corrected chi connectivity index (χ2v) is 9.30. The lowest BCUT2D eigenvalue weighted by atomic mass is 10.3. The molecule has 30 heavy (non-hydrogen) atoms. The summed E-state index contributed by atoms with van der Waals surface area (Å²) in [5, 5.41) is 1.59. The molecule has 4 rings (SSSR count). The fraction of sp³-hybridized carbons (Fsp3) is 0.476. The van der Waals surface area contributed by atoms with Crippen LogP contribution >= 0.6 is 22.7 Å². The minimum Gasteiger partial charge on any atom is -0.492 e. The van der Waals surface area contributed by atoms with E-state index < -0.39 is 0 Å². The topological polar surface area (TPSA) is 67.8 Å². The molecule has 1 aliphatic heterocycles. The predicted octanol–water partition coefficient (Wildman–Crippen LogP) is 3.75. The molecule has 0 N–H and O–H groups in total. The summed E-state index contributed by atoms with van der Waals surface area (Å²) in [4.78, 5) is 27.6. The molecule has 0 saturated carbocycles. The summed E-state index contributed by atoms with van der Waals surface area (Å²) in [6.45, 7) is 10.9. The molecule has 1 saturated heterocycles. The van der Waals surface area contributed by atoms with Crippen LogP contribution in [-0.4, -0.2) is 66.8 Å². The van der Waals surface area contributed by atoms with Gasteiger partial charge in [0.15, 0.2) is 5.13 Å². The van der Waals surface area contributed by atoms with Gasteiger partial charge in [-0.3, -0.25) is 14.6 Å². The van der Waals surface area contributed by atoms with E-state index in [9.17, 15) is 4.79 Å². The van der Waals surface area contributed by atoms with Crippen LogP contribution in [0.3, 0.4) is 0 Å². The Balaban J connectivity index is 1.67. The lowest BCUT2D eigenvalue weighted by Crippen LogP contribution is -2.43. The van der Waals surface area contributed by atoms with E-state index >= 15 is 0 Å². The monoisotopic (exact) mass is 446 g/mol. The van der Waals surface area contributed by atoms with Gasteiger partial charge in [0.05, 0.1) is 35.2 Å². The molecule has 7 nitrogen and oxygen atoms in total. The molecule has 1 amide bonds. The zero-order chi connectivity index (χ0) is 21.1. The maximum atomic E-state index is 13.5. The number of aryl methyl sites for hydroxylation is 2. The number of amides is 1. The van der Waals surface area contributed by atoms with Crippen molar-refractivity contribution in [1.82, 2.24) is 14.9 Å². The number of thiazole rings is 2. The number of ether oxygens (including phenoxy) is 2. The Hall–Kier alpha value is -2.07. The Morgan fingerprint density at radius 1 is 1.23 bits per heavy atom. The molecule has 9 heteroatoms. The normalized spacial score (nSPS) is 14.9. The number of carbonyl (C=O) groups excluding carboxylic acids is 1. The molecule has 1 aliphatic rings. The molecule has 2 aromatic heterocycles. The number of hydrogen-bond acceptors (Lipinski definition) is 8. The lowest BCUT2D eigenvalue weighted by Gasteiger charge is -2.29. The molecular formula is C21H26N4O3S2. The van der Waals surface area contributed by atoms with Crippen LogP contribution in [0.1, 0.15) is 27.3 Å². The summed E-state index contributed by atoms with van der Waals surface area (Å²) in [6, 6.07) is 5.91. The van der Waals surface area contributed by atoms with Gasteiger partial charge in [-0.1, -0.05) is 17.4 Å². The van der Waals surface area contributed by atoms with Crippen molar-refractivity contribution in [2.75, 3.05) is 50.9 Å². The highest BCUT2D eigenvalue weighted by Gasteiger charge is 2.26. The summed E-state index contributed by atoms with van der Waals surface area (Å²) in [5.74, 6) is 0.714. The second kappa shape index (κ2) is 9.38. The number of morpholine rings is 1. The van der Waals surface area contributed by atoms with Crippen molar-refractivity contribution in [2.45, 2.75) is 20.8 Å². The zero-order valence-corrected chi connectivity index (χ0v) is 19.1. The van der Waals surface area contributed by atoms with Crippen LogP contribution in [0, 0.1) is 13.8 Å². The summed E-state index contributed by atoms with van der Waals surface area (Å²) in [6.07, 6.45) is 0. The Bertz CT molecular complexity index is 1030. The third kappa shape index (κ3) is 4.49. The molecule has 0 unspecified atom stereocenters. The van der Waals surface area contributed by atoms with E-state index in [-0.39, 0.29) is 5.91 Å². The molecule has 160 valence electrons. The molecule has 0 bridgehead atoms. The van der Waals surface area contributed by atoms with E-state index in [4.69, 9.17) is 14.5 Å². The number of fused-ring (bicyclic) bond motifs is 1. The summed E-state index contributed by atoms with van der Waals surface area (Å²) < 4.78 is 12.2. The molecule has 0 spiro atoms. The van der Waals surface area contributed by atoms with Crippen molar-refractivity contribution >= 4 is 43.9 Å². The van der Waals surface area contributed by atoms with Crippen LogP contribution in [0.2, 0.25) is 0 Å². The zero-order valence-electron chi connectivity index (χ0n) is 17.5. The molecule has 3 heterocycles. The Kier molecular flexibility index (Phi) is 6.62. The van der Waals surface area contributed by atoms with E-state index in [2.05, 4.69) is 9.88 Å². The van der Waals surface area contributed by atoms with E-state index in [1.807, 2.05) is 39.0 Å². The van der Waals surface area contributed by atoms with Gasteiger partial charge in [0.2, 0.25) is 0 Å². The van der Waals surface area contributed by atoms with Gasteiger partial charge >= 0.3 is 0 Å². The van der Waals surface area contributed by atoms with Crippen molar-refractivity contribution in [2.24, 2.45) is 0 Å². The smallest absolute Gasteiger partial charge is 0.272 e. The lowest BCUT2D eigenvalue weighted by molar-refractivity contribution is 0.0391. The van der Waals surface area contributed by atoms with Crippen LogP contribution in [0.4, 0.5) is 5.13 Å². The summed E-state index contributed by atoms with van der Waals surface area (Å²) >= 11 is 2.96. The Labute approximate surface area is 184 Å². The van der Waals surface area contributed by atoms with Crippen molar-refractivity contribution < 1.29 is 14.3 Å². The first-order valence-electron chi connectivity index (χ1n) is 10.1. The number of anilines is 1. The fourth-order valence-electron chi connectivity index (χ4n) is 3.50. The fourth-order valence-corrected chi connectivity index (χ4v) is 5.38. The molecule has 3 aromatic rings. The average molecular weight is 447 g/mol. The quantitative estimate of drug-likeness (QED) is 0.551. The molecule has 0 radical (unpaired) electrons. The highest BCUT2D eigenvalue weighted by atomic mass is 32.1. The van der Waals surface area contributed by atoms with Crippen molar-refractivity contribution in [3.8, 4) is 5.75 Å². The van der Waals surface area contributed by atoms with Gasteiger partial charge in [0.25, 0.3) is 5.91 Å². The maximum Gasteiger partial charge on any atom is 0.272 e. The first kappa shape index (κ1) is 21.2. The molecule has 1 fully saturated rings. The van der Waals surface area contributed by atoms with E-state index in [0.717, 1.165) is 59.5 Å². The van der Waals surface area contributed by atoms with Gasteiger partial charge in [0, 0.05) is 26.2 Å². The summed E-state index contributed by atoms with van der Waals surface area (Å²) in [5.41, 5.74) is 1.58. The first-order chi connectivity index (χ1) is 14.6. The number of rotatable bonds is 7. The highest BCUT2D eigenvalue weighted by molar-refractivity contribution is 7.22. The molecule has 0 aliphatic carbocycles. The average Bonchev–Trinajstić information content (AvgIpc) is 3.32. The maximum absolute atomic E-state index is 13.5. The van der Waals surface area contributed by atoms with Crippen LogP contribution in [0.25, 0.3) is 10.2 Å². The second-order valence-electron chi connectivity index (χ2n) is 7.09. The first-order valence-corrected chi connectivity index (χ1v) is 11.8. The van der Waals surface area contributed by atoms with Crippen LogP contribution in [0.15, 0.2) is 18.2 Å². The number of benzene rings is 1. The Morgan fingerprint density at radius 2 is 2.03 bits per heavy atom. The number of nitrogens with zero attached hydrogens (tertiary/aromatic N) is 4. The Morgan fingerprint density at radius 3 is 2.73 bits per heavy atom. The number of hydrogen-bond donors (Lipinski definition) is 0. The van der Waals surface area contributed by atoms with E-state index in [1.165, 1.54) is 22.7 Å². The number of aromatic nitrogens is 2. The third-order valence-electron chi connectivity index (χ3n) is 4.99. The minimum absolute atomic E-state index is 0.0385. The van der Waals surface area contributed by atoms with Crippen LogP contribution < -0.4 is 9.64 Å². The van der Waals surface area contributed by atoms with Gasteiger partial charge in [-0.25, -0.2) is 9.97 Å². The molecule has 0 atom stereocenters. The van der Waals surface area contributed by atoms with Crippen LogP contribution in [-0.2, 0) is 4.74 Å². The predicted molar refractivity (Wildman–Crippen MR) is 121 cm³/mol. The van der Waals surface area contributed by atoms with E-state index in [0.29, 0.717) is 23.2 Å². The van der Waals surface area contributed by atoms with Gasteiger partial charge < -0.3 is 9.47 Å². The number of para-hydroxylation sites is 1. The van der Waals surface area contributed by atoms with Crippen molar-refractivity contribution in [3.05, 3.63) is 33.8 Å². The van der Waals surface area contributed by atoms with Gasteiger partial charge in [-0.2, -0.15) is 0 Å². The number of carbonyl (C=O) groups is 1. The van der Waals surface area contributed by atoms with Crippen LogP contribution in [0.5, 0.6) is 5.75 Å². The molecular weight excluding hydrogens is 420 g/mol. The van der Waals surface area contributed by atoms with Crippen molar-refractivity contribution in [3.63, 3.8) is 0 Å².